The maximum absolute atomic E-state index is 14.5. The Hall–Kier alpha value is -2.43. The summed E-state index contributed by atoms with van der Waals surface area (Å²) < 4.78 is 20.1. The number of amides is 1. The SMILES string of the molecule is C[C@@H]1CN(CC(=O)N2CC(C)(C)c3nc(CO)c(Cc4ccccc4F)cc32)[C@@H](CN2CCOC[C@H]2C)CN1. The number of pyridine rings is 1. The lowest BCUT2D eigenvalue weighted by Crippen LogP contribution is -2.62. The van der Waals surface area contributed by atoms with Crippen LogP contribution in [0.2, 0.25) is 0 Å². The minimum absolute atomic E-state index is 0.0475. The second-order valence-corrected chi connectivity index (χ2v) is 12.1. The van der Waals surface area contributed by atoms with Crippen LogP contribution in [0.1, 0.15) is 50.2 Å². The molecule has 3 aliphatic heterocycles. The first-order valence-corrected chi connectivity index (χ1v) is 14.1. The van der Waals surface area contributed by atoms with Gasteiger partial charge in [-0.25, -0.2) is 4.39 Å². The summed E-state index contributed by atoms with van der Waals surface area (Å²) in [7, 11) is 0. The van der Waals surface area contributed by atoms with Gasteiger partial charge in [-0.05, 0) is 37.1 Å². The van der Waals surface area contributed by atoms with Crippen LogP contribution >= 0.6 is 0 Å². The molecule has 2 aromatic rings. The van der Waals surface area contributed by atoms with Gasteiger partial charge >= 0.3 is 0 Å². The Morgan fingerprint density at radius 3 is 2.77 bits per heavy atom. The molecule has 1 amide bonds. The largest absolute Gasteiger partial charge is 0.390 e. The van der Waals surface area contributed by atoms with Gasteiger partial charge in [-0.2, -0.15) is 0 Å². The smallest absolute Gasteiger partial charge is 0.241 e. The summed E-state index contributed by atoms with van der Waals surface area (Å²) in [5.74, 6) is -0.241. The number of anilines is 1. The molecule has 5 rings (SSSR count). The minimum Gasteiger partial charge on any atom is -0.390 e. The van der Waals surface area contributed by atoms with E-state index in [2.05, 4.69) is 42.8 Å². The first-order chi connectivity index (χ1) is 18.7. The molecule has 3 aliphatic rings. The van der Waals surface area contributed by atoms with E-state index in [1.54, 1.807) is 18.2 Å². The molecule has 212 valence electrons. The third-order valence-corrected chi connectivity index (χ3v) is 8.46. The molecule has 0 bridgehead atoms. The van der Waals surface area contributed by atoms with Crippen molar-refractivity contribution in [2.75, 3.05) is 57.4 Å². The summed E-state index contributed by atoms with van der Waals surface area (Å²) >= 11 is 0. The summed E-state index contributed by atoms with van der Waals surface area (Å²) in [4.78, 5) is 25.4. The molecular weight excluding hydrogens is 497 g/mol. The van der Waals surface area contributed by atoms with Crippen LogP contribution in [0.15, 0.2) is 30.3 Å². The fraction of sp³-hybridized carbons (Fsp3) is 0.600. The first-order valence-electron chi connectivity index (χ1n) is 14.1. The van der Waals surface area contributed by atoms with Gasteiger partial charge < -0.3 is 20.1 Å². The van der Waals surface area contributed by atoms with Crippen LogP contribution in [0, 0.1) is 5.82 Å². The van der Waals surface area contributed by atoms with Crippen molar-refractivity contribution in [1.82, 2.24) is 20.1 Å². The van der Waals surface area contributed by atoms with E-state index in [4.69, 9.17) is 9.72 Å². The van der Waals surface area contributed by atoms with Crippen LogP contribution < -0.4 is 10.2 Å². The van der Waals surface area contributed by atoms with Crippen LogP contribution in [-0.2, 0) is 28.0 Å². The number of piperazine rings is 1. The second-order valence-electron chi connectivity index (χ2n) is 12.1. The quantitative estimate of drug-likeness (QED) is 0.559. The van der Waals surface area contributed by atoms with Gasteiger partial charge in [0.05, 0.1) is 43.4 Å². The molecule has 0 radical (unpaired) electrons. The van der Waals surface area contributed by atoms with Crippen molar-refractivity contribution in [2.45, 2.75) is 64.3 Å². The topological polar surface area (TPSA) is 81.2 Å². The monoisotopic (exact) mass is 539 g/mol. The number of nitrogens with zero attached hydrogens (tertiary/aromatic N) is 4. The molecule has 1 aromatic carbocycles. The number of hydrogen-bond donors (Lipinski definition) is 2. The summed E-state index contributed by atoms with van der Waals surface area (Å²) in [6, 6.07) is 9.50. The van der Waals surface area contributed by atoms with Crippen LogP contribution in [0.25, 0.3) is 0 Å². The minimum atomic E-state index is -0.356. The predicted octanol–water partition coefficient (Wildman–Crippen LogP) is 2.31. The number of halogens is 1. The molecule has 1 aromatic heterocycles. The predicted molar refractivity (Wildman–Crippen MR) is 149 cm³/mol. The fourth-order valence-corrected chi connectivity index (χ4v) is 6.17. The third kappa shape index (κ3) is 6.02. The van der Waals surface area contributed by atoms with Gasteiger partial charge in [0, 0.05) is 62.7 Å². The number of benzene rings is 1. The molecule has 3 atom stereocenters. The highest BCUT2D eigenvalue weighted by atomic mass is 19.1. The summed E-state index contributed by atoms with van der Waals surface area (Å²) in [5, 5.41) is 13.7. The van der Waals surface area contributed by atoms with Crippen LogP contribution in [0.5, 0.6) is 0 Å². The van der Waals surface area contributed by atoms with E-state index in [1.165, 1.54) is 6.07 Å². The number of morpholine rings is 1. The number of aromatic nitrogens is 1. The van der Waals surface area contributed by atoms with E-state index in [0.29, 0.717) is 42.9 Å². The molecule has 2 N–H and O–H groups in total. The third-order valence-electron chi connectivity index (χ3n) is 8.46. The lowest BCUT2D eigenvalue weighted by molar-refractivity contribution is -0.121. The molecular formula is C30H42FN5O3. The summed E-state index contributed by atoms with van der Waals surface area (Å²) in [6.45, 7) is 14.1. The Morgan fingerprint density at radius 2 is 2.03 bits per heavy atom. The number of hydrogen-bond acceptors (Lipinski definition) is 7. The Morgan fingerprint density at radius 1 is 1.23 bits per heavy atom. The maximum Gasteiger partial charge on any atom is 0.241 e. The zero-order valence-electron chi connectivity index (χ0n) is 23.6. The Balaban J connectivity index is 1.39. The van der Waals surface area contributed by atoms with E-state index in [1.807, 2.05) is 11.0 Å². The lowest BCUT2D eigenvalue weighted by atomic mass is 9.90. The van der Waals surface area contributed by atoms with Gasteiger partial charge in [0.2, 0.25) is 5.91 Å². The van der Waals surface area contributed by atoms with Crippen molar-refractivity contribution in [2.24, 2.45) is 0 Å². The number of nitrogens with one attached hydrogen (secondary N) is 1. The van der Waals surface area contributed by atoms with E-state index in [0.717, 1.165) is 56.3 Å². The van der Waals surface area contributed by atoms with Gasteiger partial charge in [-0.3, -0.25) is 19.6 Å². The molecule has 8 nitrogen and oxygen atoms in total. The average molecular weight is 540 g/mol. The molecule has 2 saturated heterocycles. The van der Waals surface area contributed by atoms with Crippen molar-refractivity contribution < 1.29 is 19.0 Å². The molecule has 0 spiro atoms. The number of carbonyl (C=O) groups excluding carboxylic acids is 1. The normalized spacial score (nSPS) is 25.6. The van der Waals surface area contributed by atoms with E-state index < -0.39 is 0 Å². The Kier molecular flexibility index (Phi) is 8.35. The fourth-order valence-electron chi connectivity index (χ4n) is 6.17. The summed E-state index contributed by atoms with van der Waals surface area (Å²) in [5.41, 5.74) is 3.05. The second kappa shape index (κ2) is 11.6. The van der Waals surface area contributed by atoms with Crippen molar-refractivity contribution in [1.29, 1.82) is 0 Å². The van der Waals surface area contributed by atoms with E-state index >= 15 is 0 Å². The number of rotatable bonds is 7. The molecule has 0 saturated carbocycles. The number of ether oxygens (including phenoxy) is 1. The number of fused-ring (bicyclic) bond motifs is 1. The molecule has 0 unspecified atom stereocenters. The summed E-state index contributed by atoms with van der Waals surface area (Å²) in [6.07, 6.45) is 0.306. The highest BCUT2D eigenvalue weighted by molar-refractivity contribution is 5.97. The highest BCUT2D eigenvalue weighted by Crippen LogP contribution is 2.41. The van der Waals surface area contributed by atoms with Gasteiger partial charge in [0.1, 0.15) is 5.82 Å². The first kappa shape index (κ1) is 28.1. The van der Waals surface area contributed by atoms with E-state index in [-0.39, 0.29) is 29.8 Å². The molecule has 0 aliphatic carbocycles. The van der Waals surface area contributed by atoms with Crippen LogP contribution in [0.3, 0.4) is 0 Å². The number of carbonyl (C=O) groups is 1. The molecule has 9 heteroatoms. The van der Waals surface area contributed by atoms with Gasteiger partial charge in [0.25, 0.3) is 0 Å². The molecule has 39 heavy (non-hydrogen) atoms. The Bertz CT molecular complexity index is 1190. The van der Waals surface area contributed by atoms with Crippen molar-refractivity contribution in [3.05, 3.63) is 58.7 Å². The maximum atomic E-state index is 14.5. The average Bonchev–Trinajstić information content (AvgIpc) is 3.17. The Labute approximate surface area is 231 Å². The standard InChI is InChI=1S/C30H42FN5O3/c1-20-14-35(24(13-32-20)15-34-9-10-39-18-21(34)2)16-28(38)36-19-30(3,4)29-27(36)12-23(26(17-37)33-29)11-22-7-5-6-8-25(22)31/h5-8,12,20-21,24,32,37H,9-11,13-19H2,1-4H3/t20-,21-,24-/m1/s1. The van der Waals surface area contributed by atoms with Crippen molar-refractivity contribution in [3.8, 4) is 0 Å². The van der Waals surface area contributed by atoms with Gasteiger partial charge in [-0.1, -0.05) is 32.0 Å². The van der Waals surface area contributed by atoms with Gasteiger partial charge in [-0.15, -0.1) is 0 Å². The van der Waals surface area contributed by atoms with Gasteiger partial charge in [0.15, 0.2) is 0 Å². The number of aliphatic hydroxyl groups excluding tert-OH is 1. The van der Waals surface area contributed by atoms with Crippen molar-refractivity contribution >= 4 is 11.6 Å². The molecule has 4 heterocycles. The van der Waals surface area contributed by atoms with E-state index in [9.17, 15) is 14.3 Å². The molecule has 2 fully saturated rings. The van der Waals surface area contributed by atoms with Crippen LogP contribution in [0.4, 0.5) is 10.1 Å². The highest BCUT2D eigenvalue weighted by Gasteiger charge is 2.41. The number of aliphatic hydroxyl groups is 1. The zero-order chi connectivity index (χ0) is 27.7. The zero-order valence-corrected chi connectivity index (χ0v) is 23.6. The van der Waals surface area contributed by atoms with Crippen LogP contribution in [-0.4, -0.2) is 96.4 Å². The van der Waals surface area contributed by atoms with Crippen molar-refractivity contribution in [3.63, 3.8) is 0 Å². The lowest BCUT2D eigenvalue weighted by Gasteiger charge is -2.43.